The maximum absolute atomic E-state index is 12.7. The molecule has 110 valence electrons. The first-order valence-corrected chi connectivity index (χ1v) is 5.86. The first-order chi connectivity index (χ1) is 9.27. The number of aromatic nitrogens is 2. The van der Waals surface area contributed by atoms with Gasteiger partial charge < -0.3 is 15.4 Å². The quantitative estimate of drug-likeness (QED) is 0.857. The van der Waals surface area contributed by atoms with Gasteiger partial charge in [-0.25, -0.2) is 9.97 Å². The van der Waals surface area contributed by atoms with Crippen LogP contribution in [0, 0.1) is 6.92 Å². The molecule has 6 nitrogen and oxygen atoms in total. The number of primary amides is 1. The lowest BCUT2D eigenvalue weighted by Gasteiger charge is -2.31. The maximum atomic E-state index is 12.7. The number of amides is 1. The van der Waals surface area contributed by atoms with Gasteiger partial charge in [-0.2, -0.15) is 13.2 Å². The average Bonchev–Trinajstić information content (AvgIpc) is 2.37. The molecule has 0 bridgehead atoms. The van der Waals surface area contributed by atoms with Crippen molar-refractivity contribution in [2.24, 2.45) is 5.73 Å². The molecule has 1 atom stereocenters. The molecule has 0 saturated carbocycles. The van der Waals surface area contributed by atoms with Crippen molar-refractivity contribution >= 4 is 11.9 Å². The van der Waals surface area contributed by atoms with Crippen molar-refractivity contribution in [2.45, 2.75) is 19.2 Å². The number of nitrogens with zero attached hydrogens (tertiary/aromatic N) is 3. The molecule has 0 spiro atoms. The summed E-state index contributed by atoms with van der Waals surface area (Å²) in [4.78, 5) is 20.0. The fraction of sp³-hybridized carbons (Fsp3) is 0.545. The van der Waals surface area contributed by atoms with E-state index >= 15 is 0 Å². The van der Waals surface area contributed by atoms with Gasteiger partial charge in [0.2, 0.25) is 11.9 Å². The number of ether oxygens (including phenoxy) is 1. The van der Waals surface area contributed by atoms with Crippen molar-refractivity contribution in [3.8, 4) is 0 Å². The minimum Gasteiger partial charge on any atom is -0.367 e. The summed E-state index contributed by atoms with van der Waals surface area (Å²) in [7, 11) is 0. The molecular weight excluding hydrogens is 277 g/mol. The van der Waals surface area contributed by atoms with Crippen LogP contribution in [0.3, 0.4) is 0 Å². The number of hydrogen-bond donors (Lipinski definition) is 1. The first-order valence-electron chi connectivity index (χ1n) is 5.86. The summed E-state index contributed by atoms with van der Waals surface area (Å²) in [6, 6.07) is 0.871. The monoisotopic (exact) mass is 290 g/mol. The average molecular weight is 290 g/mol. The van der Waals surface area contributed by atoms with Crippen LogP contribution in [0.4, 0.5) is 19.1 Å². The molecule has 1 saturated heterocycles. The van der Waals surface area contributed by atoms with Gasteiger partial charge >= 0.3 is 6.18 Å². The van der Waals surface area contributed by atoms with E-state index in [0.717, 1.165) is 6.07 Å². The third-order valence-electron chi connectivity index (χ3n) is 2.80. The van der Waals surface area contributed by atoms with E-state index < -0.39 is 23.9 Å². The van der Waals surface area contributed by atoms with E-state index in [1.165, 1.54) is 11.8 Å². The number of aryl methyl sites for hydroxylation is 1. The second-order valence-corrected chi connectivity index (χ2v) is 4.40. The van der Waals surface area contributed by atoms with E-state index in [-0.39, 0.29) is 24.8 Å². The molecule has 1 unspecified atom stereocenters. The van der Waals surface area contributed by atoms with Crippen LogP contribution in [0.5, 0.6) is 0 Å². The zero-order chi connectivity index (χ0) is 14.9. The fourth-order valence-corrected chi connectivity index (χ4v) is 1.84. The van der Waals surface area contributed by atoms with Crippen LogP contribution >= 0.6 is 0 Å². The minimum atomic E-state index is -4.54. The highest BCUT2D eigenvalue weighted by molar-refractivity contribution is 5.79. The molecule has 1 amide bonds. The van der Waals surface area contributed by atoms with Gasteiger partial charge in [0.25, 0.3) is 0 Å². The molecule has 1 aliphatic heterocycles. The van der Waals surface area contributed by atoms with Gasteiger partial charge in [0.1, 0.15) is 5.69 Å². The van der Waals surface area contributed by atoms with Crippen molar-refractivity contribution in [1.29, 1.82) is 0 Å². The van der Waals surface area contributed by atoms with Crippen molar-refractivity contribution < 1.29 is 22.7 Å². The Morgan fingerprint density at radius 3 is 2.80 bits per heavy atom. The van der Waals surface area contributed by atoms with E-state index in [0.29, 0.717) is 6.54 Å². The predicted molar refractivity (Wildman–Crippen MR) is 62.9 cm³/mol. The number of carbonyl (C=O) groups excluding carboxylic acids is 1. The Balaban J connectivity index is 2.28. The lowest BCUT2D eigenvalue weighted by molar-refractivity contribution is -0.141. The molecule has 2 heterocycles. The van der Waals surface area contributed by atoms with Crippen molar-refractivity contribution in [3.63, 3.8) is 0 Å². The van der Waals surface area contributed by atoms with E-state index in [1.54, 1.807) is 0 Å². The summed E-state index contributed by atoms with van der Waals surface area (Å²) in [6.45, 7) is 1.96. The summed E-state index contributed by atoms with van der Waals surface area (Å²) in [6.07, 6.45) is -5.42. The number of halogens is 3. The molecule has 9 heteroatoms. The molecule has 0 aromatic carbocycles. The second-order valence-electron chi connectivity index (χ2n) is 4.40. The number of morpholine rings is 1. The molecule has 20 heavy (non-hydrogen) atoms. The molecule has 1 fully saturated rings. The number of nitrogens with two attached hydrogens (primary N) is 1. The largest absolute Gasteiger partial charge is 0.433 e. The normalized spacial score (nSPS) is 20.0. The van der Waals surface area contributed by atoms with Crippen molar-refractivity contribution in [3.05, 3.63) is 17.5 Å². The fourth-order valence-electron chi connectivity index (χ4n) is 1.84. The number of hydrogen-bond acceptors (Lipinski definition) is 5. The zero-order valence-electron chi connectivity index (χ0n) is 10.6. The van der Waals surface area contributed by atoms with E-state index in [1.807, 2.05) is 0 Å². The van der Waals surface area contributed by atoms with Gasteiger partial charge in [-0.3, -0.25) is 4.79 Å². The molecule has 0 aliphatic carbocycles. The Bertz CT molecular complexity index is 521. The van der Waals surface area contributed by atoms with Gasteiger partial charge in [-0.1, -0.05) is 0 Å². The number of carbonyl (C=O) groups is 1. The molecule has 2 rings (SSSR count). The lowest BCUT2D eigenvalue weighted by Crippen LogP contribution is -2.49. The third-order valence-corrected chi connectivity index (χ3v) is 2.80. The van der Waals surface area contributed by atoms with Crippen LogP contribution in [0.2, 0.25) is 0 Å². The molecule has 1 aliphatic rings. The van der Waals surface area contributed by atoms with E-state index in [4.69, 9.17) is 10.5 Å². The smallest absolute Gasteiger partial charge is 0.367 e. The SMILES string of the molecule is Cc1cc(C(F)(F)F)nc(N2CCOC(C(N)=O)C2)n1. The molecule has 0 radical (unpaired) electrons. The molecule has 1 aromatic rings. The summed E-state index contributed by atoms with van der Waals surface area (Å²) < 4.78 is 43.3. The zero-order valence-corrected chi connectivity index (χ0v) is 10.6. The first kappa shape index (κ1) is 14.5. The lowest BCUT2D eigenvalue weighted by atomic mass is 10.2. The minimum absolute atomic E-state index is 0.0378. The van der Waals surface area contributed by atoms with Gasteiger partial charge in [-0.15, -0.1) is 0 Å². The Morgan fingerprint density at radius 1 is 1.50 bits per heavy atom. The van der Waals surface area contributed by atoms with Crippen LogP contribution in [-0.4, -0.2) is 41.7 Å². The number of anilines is 1. The molecule has 1 aromatic heterocycles. The van der Waals surface area contributed by atoms with Crippen LogP contribution in [0.15, 0.2) is 6.07 Å². The Hall–Kier alpha value is -1.90. The standard InChI is InChI=1S/C11H13F3N4O2/c1-6-4-8(11(12,13)14)17-10(16-6)18-2-3-20-7(5-18)9(15)19/h4,7H,2-3,5H2,1H3,(H2,15,19). The van der Waals surface area contributed by atoms with Crippen LogP contribution in [-0.2, 0) is 15.7 Å². The maximum Gasteiger partial charge on any atom is 0.433 e. The second kappa shape index (κ2) is 5.23. The van der Waals surface area contributed by atoms with Crippen molar-refractivity contribution in [2.75, 3.05) is 24.6 Å². The summed E-state index contributed by atoms with van der Waals surface area (Å²) in [5, 5.41) is 0. The van der Waals surface area contributed by atoms with Crippen LogP contribution < -0.4 is 10.6 Å². The highest BCUT2D eigenvalue weighted by Gasteiger charge is 2.34. The summed E-state index contributed by atoms with van der Waals surface area (Å²) in [5.41, 5.74) is 4.31. The van der Waals surface area contributed by atoms with Gasteiger partial charge in [0.05, 0.1) is 13.2 Å². The highest BCUT2D eigenvalue weighted by Crippen LogP contribution is 2.29. The van der Waals surface area contributed by atoms with Gasteiger partial charge in [0, 0.05) is 12.2 Å². The Kier molecular flexibility index (Phi) is 3.80. The van der Waals surface area contributed by atoms with Crippen LogP contribution in [0.25, 0.3) is 0 Å². The van der Waals surface area contributed by atoms with Crippen LogP contribution in [0.1, 0.15) is 11.4 Å². The van der Waals surface area contributed by atoms with E-state index in [2.05, 4.69) is 9.97 Å². The summed E-state index contributed by atoms with van der Waals surface area (Å²) in [5.74, 6) is -0.745. The Morgan fingerprint density at radius 2 is 2.20 bits per heavy atom. The third kappa shape index (κ3) is 3.16. The predicted octanol–water partition coefficient (Wildman–Crippen LogP) is 0.494. The van der Waals surface area contributed by atoms with Gasteiger partial charge in [-0.05, 0) is 13.0 Å². The topological polar surface area (TPSA) is 81.3 Å². The number of rotatable bonds is 2. The highest BCUT2D eigenvalue weighted by atomic mass is 19.4. The summed E-state index contributed by atoms with van der Waals surface area (Å²) >= 11 is 0. The van der Waals surface area contributed by atoms with Crippen molar-refractivity contribution in [1.82, 2.24) is 9.97 Å². The van der Waals surface area contributed by atoms with Gasteiger partial charge in [0.15, 0.2) is 6.10 Å². The molecular formula is C11H13F3N4O2. The Labute approximate surface area is 112 Å². The number of alkyl halides is 3. The molecule has 2 N–H and O–H groups in total. The van der Waals surface area contributed by atoms with E-state index in [9.17, 15) is 18.0 Å².